The van der Waals surface area contributed by atoms with Gasteiger partial charge < -0.3 is 15.4 Å². The van der Waals surface area contributed by atoms with Crippen LogP contribution >= 0.6 is 0 Å². The molecule has 0 unspecified atom stereocenters. The van der Waals surface area contributed by atoms with Crippen LogP contribution in [0.15, 0.2) is 18.3 Å². The molecule has 2 rings (SSSR count). The maximum atomic E-state index is 11.5. The zero-order valence-corrected chi connectivity index (χ0v) is 7.41. The summed E-state index contributed by atoms with van der Waals surface area (Å²) in [7, 11) is 0. The molecule has 1 saturated carbocycles. The van der Waals surface area contributed by atoms with Crippen LogP contribution in [0.1, 0.15) is 23.3 Å². The second-order valence-corrected chi connectivity index (χ2v) is 3.43. The van der Waals surface area contributed by atoms with Crippen molar-refractivity contribution in [2.45, 2.75) is 18.4 Å². The number of nitrogens with one attached hydrogen (secondary N) is 2. The molecule has 1 amide bonds. The van der Waals surface area contributed by atoms with Gasteiger partial charge in [-0.15, -0.1) is 0 Å². The minimum absolute atomic E-state index is 0.366. The monoisotopic (exact) mass is 194 g/mol. The number of carboxylic acids is 1. The van der Waals surface area contributed by atoms with Gasteiger partial charge in [-0.3, -0.25) is 4.79 Å². The van der Waals surface area contributed by atoms with Crippen molar-refractivity contribution in [2.24, 2.45) is 0 Å². The van der Waals surface area contributed by atoms with Crippen molar-refractivity contribution in [1.82, 2.24) is 10.3 Å². The van der Waals surface area contributed by atoms with E-state index in [1.165, 1.54) is 0 Å². The lowest BCUT2D eigenvalue weighted by molar-refractivity contribution is -0.140. The predicted molar refractivity (Wildman–Crippen MR) is 47.9 cm³/mol. The van der Waals surface area contributed by atoms with Gasteiger partial charge >= 0.3 is 5.97 Å². The van der Waals surface area contributed by atoms with Gasteiger partial charge in [-0.2, -0.15) is 0 Å². The highest BCUT2D eigenvalue weighted by Crippen LogP contribution is 2.35. The van der Waals surface area contributed by atoms with E-state index in [0.717, 1.165) is 0 Å². The van der Waals surface area contributed by atoms with Gasteiger partial charge in [0, 0.05) is 6.20 Å². The van der Waals surface area contributed by atoms with Crippen LogP contribution in [0.2, 0.25) is 0 Å². The molecule has 1 aliphatic carbocycles. The standard InChI is InChI=1S/C9H10N2O3/c12-7(6-2-1-5-10-6)11-9(3-4-9)8(13)14/h1-2,5,10H,3-4H2,(H,11,12)(H,13,14). The maximum Gasteiger partial charge on any atom is 0.329 e. The molecule has 5 heteroatoms. The molecule has 0 spiro atoms. The molecule has 0 radical (unpaired) electrons. The SMILES string of the molecule is O=C(NC1(C(=O)O)CC1)c1ccc[nH]1. The molecule has 1 aromatic rings. The average Bonchev–Trinajstić information content (AvgIpc) is 2.74. The van der Waals surface area contributed by atoms with Gasteiger partial charge in [0.2, 0.25) is 0 Å². The summed E-state index contributed by atoms with van der Waals surface area (Å²) in [6.45, 7) is 0. The minimum atomic E-state index is -1.01. The van der Waals surface area contributed by atoms with Crippen LogP contribution in [0.4, 0.5) is 0 Å². The molecule has 5 nitrogen and oxygen atoms in total. The molecule has 1 aromatic heterocycles. The van der Waals surface area contributed by atoms with Crippen molar-refractivity contribution in [1.29, 1.82) is 0 Å². The molecule has 1 aliphatic rings. The van der Waals surface area contributed by atoms with E-state index in [9.17, 15) is 9.59 Å². The van der Waals surface area contributed by atoms with Gasteiger partial charge in [0.15, 0.2) is 0 Å². The lowest BCUT2D eigenvalue weighted by Gasteiger charge is -2.10. The number of rotatable bonds is 3. The fraction of sp³-hybridized carbons (Fsp3) is 0.333. The third-order valence-corrected chi connectivity index (χ3v) is 2.35. The van der Waals surface area contributed by atoms with Crippen LogP contribution in [0.3, 0.4) is 0 Å². The number of carbonyl (C=O) groups excluding carboxylic acids is 1. The van der Waals surface area contributed by atoms with Gasteiger partial charge in [-0.25, -0.2) is 4.79 Å². The Hall–Kier alpha value is -1.78. The Morgan fingerprint density at radius 2 is 2.21 bits per heavy atom. The molecule has 1 heterocycles. The number of H-pyrrole nitrogens is 1. The van der Waals surface area contributed by atoms with Crippen LogP contribution < -0.4 is 5.32 Å². The molecule has 14 heavy (non-hydrogen) atoms. The Morgan fingerprint density at radius 3 is 2.64 bits per heavy atom. The third-order valence-electron chi connectivity index (χ3n) is 2.35. The number of aromatic nitrogens is 1. The summed E-state index contributed by atoms with van der Waals surface area (Å²) < 4.78 is 0. The number of aromatic amines is 1. The lowest BCUT2D eigenvalue weighted by Crippen LogP contribution is -2.43. The van der Waals surface area contributed by atoms with Crippen molar-refractivity contribution in [3.05, 3.63) is 24.0 Å². The van der Waals surface area contributed by atoms with Crippen LogP contribution in [0.25, 0.3) is 0 Å². The second kappa shape index (κ2) is 2.87. The largest absolute Gasteiger partial charge is 0.480 e. The zero-order chi connectivity index (χ0) is 10.2. The van der Waals surface area contributed by atoms with Crippen LogP contribution in [-0.4, -0.2) is 27.5 Å². The van der Waals surface area contributed by atoms with Crippen molar-refractivity contribution in [3.8, 4) is 0 Å². The van der Waals surface area contributed by atoms with Crippen LogP contribution in [-0.2, 0) is 4.79 Å². The van der Waals surface area contributed by atoms with Crippen molar-refractivity contribution >= 4 is 11.9 Å². The fourth-order valence-electron chi connectivity index (χ4n) is 1.27. The van der Waals surface area contributed by atoms with E-state index in [1.807, 2.05) is 0 Å². The number of amides is 1. The first-order valence-corrected chi connectivity index (χ1v) is 4.33. The summed E-state index contributed by atoms with van der Waals surface area (Å²) in [6.07, 6.45) is 2.64. The highest BCUT2D eigenvalue weighted by Gasteiger charge is 2.51. The summed E-state index contributed by atoms with van der Waals surface area (Å²) in [5.74, 6) is -1.33. The second-order valence-electron chi connectivity index (χ2n) is 3.43. The number of hydrogen-bond acceptors (Lipinski definition) is 2. The van der Waals surface area contributed by atoms with E-state index in [-0.39, 0.29) is 5.91 Å². The van der Waals surface area contributed by atoms with E-state index >= 15 is 0 Å². The molecule has 0 aromatic carbocycles. The third kappa shape index (κ3) is 1.37. The average molecular weight is 194 g/mol. The van der Waals surface area contributed by atoms with E-state index in [0.29, 0.717) is 18.5 Å². The number of aliphatic carboxylic acids is 1. The van der Waals surface area contributed by atoms with Crippen LogP contribution in [0, 0.1) is 0 Å². The first-order chi connectivity index (χ1) is 6.64. The molecule has 1 fully saturated rings. The molecule has 0 aliphatic heterocycles. The Bertz CT molecular complexity index is 365. The van der Waals surface area contributed by atoms with Crippen LogP contribution in [0.5, 0.6) is 0 Å². The number of hydrogen-bond donors (Lipinski definition) is 3. The van der Waals surface area contributed by atoms with E-state index < -0.39 is 11.5 Å². The topological polar surface area (TPSA) is 82.2 Å². The predicted octanol–water partition coefficient (Wildman–Crippen LogP) is 0.362. The number of carboxylic acid groups (broad SMARTS) is 1. The quantitative estimate of drug-likeness (QED) is 0.649. The minimum Gasteiger partial charge on any atom is -0.480 e. The first kappa shape index (κ1) is 8.80. The van der Waals surface area contributed by atoms with E-state index in [4.69, 9.17) is 5.11 Å². The Balaban J connectivity index is 2.06. The van der Waals surface area contributed by atoms with Gasteiger partial charge in [-0.1, -0.05) is 0 Å². The summed E-state index contributed by atoms with van der Waals surface area (Å²) >= 11 is 0. The molecule has 0 bridgehead atoms. The highest BCUT2D eigenvalue weighted by molar-refractivity contribution is 5.97. The Labute approximate surface area is 80.1 Å². The van der Waals surface area contributed by atoms with Gasteiger partial charge in [0.1, 0.15) is 11.2 Å². The van der Waals surface area contributed by atoms with E-state index in [1.54, 1.807) is 18.3 Å². The smallest absolute Gasteiger partial charge is 0.329 e. The summed E-state index contributed by atoms with van der Waals surface area (Å²) in [6, 6.07) is 3.29. The highest BCUT2D eigenvalue weighted by atomic mass is 16.4. The fourth-order valence-corrected chi connectivity index (χ4v) is 1.27. The lowest BCUT2D eigenvalue weighted by atomic mass is 10.2. The van der Waals surface area contributed by atoms with Gasteiger partial charge in [0.05, 0.1) is 0 Å². The van der Waals surface area contributed by atoms with Gasteiger partial charge in [-0.05, 0) is 25.0 Å². The number of carbonyl (C=O) groups is 2. The molecule has 0 saturated heterocycles. The summed E-state index contributed by atoms with van der Waals surface area (Å²) in [4.78, 5) is 24.9. The molecule has 3 N–H and O–H groups in total. The molecule has 74 valence electrons. The van der Waals surface area contributed by atoms with E-state index in [2.05, 4.69) is 10.3 Å². The Morgan fingerprint density at radius 1 is 1.50 bits per heavy atom. The molecular weight excluding hydrogens is 184 g/mol. The van der Waals surface area contributed by atoms with Crippen molar-refractivity contribution < 1.29 is 14.7 Å². The maximum absolute atomic E-state index is 11.5. The zero-order valence-electron chi connectivity index (χ0n) is 7.41. The first-order valence-electron chi connectivity index (χ1n) is 4.33. The summed E-state index contributed by atoms with van der Waals surface area (Å²) in [5, 5.41) is 11.3. The summed E-state index contributed by atoms with van der Waals surface area (Å²) in [5.41, 5.74) is -0.625. The van der Waals surface area contributed by atoms with Crippen molar-refractivity contribution in [2.75, 3.05) is 0 Å². The normalized spacial score (nSPS) is 17.4. The molecule has 0 atom stereocenters. The Kier molecular flexibility index (Phi) is 1.80. The molecular formula is C9H10N2O3. The van der Waals surface area contributed by atoms with Gasteiger partial charge in [0.25, 0.3) is 5.91 Å². The van der Waals surface area contributed by atoms with Crippen molar-refractivity contribution in [3.63, 3.8) is 0 Å².